The van der Waals surface area contributed by atoms with Gasteiger partial charge < -0.3 is 4.42 Å². The average molecular weight is 176 g/mol. The Labute approximate surface area is 77.6 Å². The van der Waals surface area contributed by atoms with Crippen molar-refractivity contribution >= 4 is 0 Å². The van der Waals surface area contributed by atoms with Gasteiger partial charge in [0.1, 0.15) is 0 Å². The van der Waals surface area contributed by atoms with Gasteiger partial charge in [-0.25, -0.2) is 4.79 Å². The highest BCUT2D eigenvalue weighted by Gasteiger charge is 1.88. The van der Waals surface area contributed by atoms with E-state index in [1.165, 1.54) is 6.07 Å². The van der Waals surface area contributed by atoms with Gasteiger partial charge in [0.25, 0.3) is 0 Å². The first-order valence-corrected chi connectivity index (χ1v) is 4.42. The number of hydrogen-bond acceptors (Lipinski definition) is 2. The largest absolute Gasteiger partial charge is 0.414 e. The van der Waals surface area contributed by atoms with Crippen LogP contribution < -0.4 is 5.63 Å². The van der Waals surface area contributed by atoms with E-state index in [1.54, 1.807) is 12.1 Å². The van der Waals surface area contributed by atoms with Crippen LogP contribution >= 0.6 is 0 Å². The Hall–Kier alpha value is -1.49. The molecule has 13 heavy (non-hydrogen) atoms. The lowest BCUT2D eigenvalue weighted by molar-refractivity contribution is 0.498. The number of rotatable bonds is 2. The lowest BCUT2D eigenvalue weighted by Gasteiger charge is -1.86. The summed E-state index contributed by atoms with van der Waals surface area (Å²) in [5, 5.41) is 0. The van der Waals surface area contributed by atoms with Crippen molar-refractivity contribution < 1.29 is 4.42 Å². The van der Waals surface area contributed by atoms with E-state index in [-0.39, 0.29) is 5.63 Å². The maximum atomic E-state index is 10.7. The molecule has 0 aliphatic carbocycles. The van der Waals surface area contributed by atoms with Gasteiger partial charge in [-0.1, -0.05) is 25.3 Å². The van der Waals surface area contributed by atoms with Crippen LogP contribution in [0.1, 0.15) is 31.9 Å². The zero-order chi connectivity index (χ0) is 9.52. The first kappa shape index (κ1) is 9.60. The van der Waals surface area contributed by atoms with Crippen LogP contribution in [0.2, 0.25) is 0 Å². The Kier molecular flexibility index (Phi) is 3.84. The second-order valence-corrected chi connectivity index (χ2v) is 2.72. The summed E-state index contributed by atoms with van der Waals surface area (Å²) in [5.41, 5.74) is -0.345. The van der Waals surface area contributed by atoms with Crippen LogP contribution in [0.4, 0.5) is 0 Å². The molecule has 1 heterocycles. The molecule has 0 saturated heterocycles. The fourth-order valence-corrected chi connectivity index (χ4v) is 0.872. The van der Waals surface area contributed by atoms with Crippen molar-refractivity contribution in [3.05, 3.63) is 34.4 Å². The lowest BCUT2D eigenvalue weighted by Crippen LogP contribution is -1.94. The minimum absolute atomic E-state index is 0.345. The first-order chi connectivity index (χ1) is 6.33. The van der Waals surface area contributed by atoms with Gasteiger partial charge in [-0.2, -0.15) is 0 Å². The summed E-state index contributed by atoms with van der Waals surface area (Å²) in [6.45, 7) is 2.12. The van der Waals surface area contributed by atoms with Crippen LogP contribution in [0.3, 0.4) is 0 Å². The van der Waals surface area contributed by atoms with E-state index in [2.05, 4.69) is 18.8 Å². The predicted molar refractivity (Wildman–Crippen MR) is 51.4 cm³/mol. The third-order valence-electron chi connectivity index (χ3n) is 1.56. The van der Waals surface area contributed by atoms with Crippen LogP contribution in [0.15, 0.2) is 27.4 Å². The average Bonchev–Trinajstić information content (AvgIpc) is 2.13. The minimum Gasteiger partial charge on any atom is -0.414 e. The van der Waals surface area contributed by atoms with Crippen molar-refractivity contribution in [2.24, 2.45) is 0 Å². The SMILES string of the molecule is CCCCC#Cc1cccc(=O)o1. The predicted octanol–water partition coefficient (Wildman–Crippen LogP) is 2.18. The quantitative estimate of drug-likeness (QED) is 0.510. The van der Waals surface area contributed by atoms with Crippen molar-refractivity contribution in [3.63, 3.8) is 0 Å². The van der Waals surface area contributed by atoms with E-state index >= 15 is 0 Å². The Bertz CT molecular complexity index is 365. The molecule has 0 aromatic carbocycles. The monoisotopic (exact) mass is 176 g/mol. The summed E-state index contributed by atoms with van der Waals surface area (Å²) in [6.07, 6.45) is 3.08. The van der Waals surface area contributed by atoms with E-state index in [0.29, 0.717) is 5.76 Å². The van der Waals surface area contributed by atoms with Gasteiger partial charge in [-0.3, -0.25) is 0 Å². The summed E-state index contributed by atoms with van der Waals surface area (Å²) in [5.74, 6) is 6.20. The molecule has 1 aromatic rings. The molecule has 0 aliphatic heterocycles. The second kappa shape index (κ2) is 5.21. The summed E-state index contributed by atoms with van der Waals surface area (Å²) in [6, 6.07) is 4.72. The van der Waals surface area contributed by atoms with Crippen LogP contribution in [-0.4, -0.2) is 0 Å². The fraction of sp³-hybridized carbons (Fsp3) is 0.364. The maximum absolute atomic E-state index is 10.7. The topological polar surface area (TPSA) is 30.2 Å². The van der Waals surface area contributed by atoms with Crippen molar-refractivity contribution in [1.82, 2.24) is 0 Å². The van der Waals surface area contributed by atoms with Gasteiger partial charge in [0, 0.05) is 12.5 Å². The molecular weight excluding hydrogens is 164 g/mol. The summed E-state index contributed by atoms with van der Waals surface area (Å²) in [4.78, 5) is 10.7. The maximum Gasteiger partial charge on any atom is 0.336 e. The molecule has 2 nitrogen and oxygen atoms in total. The number of hydrogen-bond donors (Lipinski definition) is 0. The van der Waals surface area contributed by atoms with E-state index < -0.39 is 0 Å². The van der Waals surface area contributed by atoms with Crippen LogP contribution in [-0.2, 0) is 0 Å². The molecule has 1 aromatic heterocycles. The van der Waals surface area contributed by atoms with Crippen LogP contribution in [0.5, 0.6) is 0 Å². The Morgan fingerprint density at radius 1 is 1.46 bits per heavy atom. The number of unbranched alkanes of at least 4 members (excludes halogenated alkanes) is 2. The van der Waals surface area contributed by atoms with Crippen LogP contribution in [0.25, 0.3) is 0 Å². The molecule has 1 rings (SSSR count). The van der Waals surface area contributed by atoms with Gasteiger partial charge in [0.05, 0.1) is 0 Å². The molecule has 68 valence electrons. The molecular formula is C11H12O2. The summed E-state index contributed by atoms with van der Waals surface area (Å²) in [7, 11) is 0. The van der Waals surface area contributed by atoms with E-state index in [4.69, 9.17) is 4.42 Å². The smallest absolute Gasteiger partial charge is 0.336 e. The third-order valence-corrected chi connectivity index (χ3v) is 1.56. The van der Waals surface area contributed by atoms with Gasteiger partial charge in [0.15, 0.2) is 5.76 Å². The van der Waals surface area contributed by atoms with Gasteiger partial charge in [0.2, 0.25) is 0 Å². The normalized spacial score (nSPS) is 9.00. The highest BCUT2D eigenvalue weighted by Crippen LogP contribution is 1.94. The Morgan fingerprint density at radius 2 is 2.31 bits per heavy atom. The van der Waals surface area contributed by atoms with Gasteiger partial charge in [-0.15, -0.1) is 0 Å². The van der Waals surface area contributed by atoms with Crippen molar-refractivity contribution in [2.75, 3.05) is 0 Å². The van der Waals surface area contributed by atoms with E-state index in [9.17, 15) is 4.79 Å². The molecule has 0 unspecified atom stereocenters. The van der Waals surface area contributed by atoms with Crippen LogP contribution in [0, 0.1) is 11.8 Å². The Morgan fingerprint density at radius 3 is 3.00 bits per heavy atom. The summed E-state index contributed by atoms with van der Waals surface area (Å²) < 4.78 is 4.83. The molecule has 0 atom stereocenters. The van der Waals surface area contributed by atoms with Crippen molar-refractivity contribution in [1.29, 1.82) is 0 Å². The zero-order valence-corrected chi connectivity index (χ0v) is 7.67. The highest BCUT2D eigenvalue weighted by atomic mass is 16.4. The molecule has 0 aliphatic rings. The lowest BCUT2D eigenvalue weighted by atomic mass is 10.2. The van der Waals surface area contributed by atoms with Crippen molar-refractivity contribution in [3.8, 4) is 11.8 Å². The molecule has 0 bridgehead atoms. The highest BCUT2D eigenvalue weighted by molar-refractivity contribution is 5.23. The minimum atomic E-state index is -0.345. The molecule has 0 amide bonds. The van der Waals surface area contributed by atoms with E-state index in [0.717, 1.165) is 19.3 Å². The fourth-order valence-electron chi connectivity index (χ4n) is 0.872. The van der Waals surface area contributed by atoms with Gasteiger partial charge >= 0.3 is 5.63 Å². The van der Waals surface area contributed by atoms with Crippen molar-refractivity contribution in [2.45, 2.75) is 26.2 Å². The second-order valence-electron chi connectivity index (χ2n) is 2.72. The molecule has 0 saturated carbocycles. The summed E-state index contributed by atoms with van der Waals surface area (Å²) >= 11 is 0. The Balaban J connectivity index is 2.61. The molecule has 0 spiro atoms. The first-order valence-electron chi connectivity index (χ1n) is 4.42. The molecule has 0 fully saturated rings. The van der Waals surface area contributed by atoms with E-state index in [1.807, 2.05) is 0 Å². The standard InChI is InChI=1S/C11H12O2/c1-2-3-4-5-7-10-8-6-9-11(12)13-10/h6,8-9H,2-4H2,1H3. The third kappa shape index (κ3) is 3.62. The van der Waals surface area contributed by atoms with Gasteiger partial charge in [-0.05, 0) is 18.4 Å². The molecule has 2 heteroatoms. The zero-order valence-electron chi connectivity index (χ0n) is 7.67. The molecule has 0 N–H and O–H groups in total. The molecule has 0 radical (unpaired) electrons.